The third kappa shape index (κ3) is 4.31. The molecule has 0 unspecified atom stereocenters. The van der Waals surface area contributed by atoms with Crippen molar-refractivity contribution in [2.45, 2.75) is 6.61 Å². The monoisotopic (exact) mass is 432 g/mol. The maximum atomic E-state index is 14.6. The van der Waals surface area contributed by atoms with Crippen LogP contribution in [0.1, 0.15) is 11.1 Å². The lowest BCUT2D eigenvalue weighted by atomic mass is 10.1. The molecule has 0 atom stereocenters. The summed E-state index contributed by atoms with van der Waals surface area (Å²) in [4.78, 5) is 6.11. The Labute approximate surface area is 180 Å². The molecule has 1 heterocycles. The van der Waals surface area contributed by atoms with E-state index in [1.165, 1.54) is 6.07 Å². The normalized spacial score (nSPS) is 12.2. The minimum Gasteiger partial charge on any atom is -0.493 e. The van der Waals surface area contributed by atoms with Gasteiger partial charge in [0.2, 0.25) is 0 Å². The fraction of sp³-hybridized carbons (Fsp3) is 0.136. The molecule has 0 spiro atoms. The Hall–Kier alpha value is -2.76. The third-order valence-corrected chi connectivity index (χ3v) is 4.81. The van der Waals surface area contributed by atoms with Gasteiger partial charge >= 0.3 is 0 Å². The van der Waals surface area contributed by atoms with Crippen LogP contribution < -0.4 is 14.4 Å². The van der Waals surface area contributed by atoms with Gasteiger partial charge in [-0.3, -0.25) is 4.99 Å². The summed E-state index contributed by atoms with van der Waals surface area (Å²) < 4.78 is 26.1. The van der Waals surface area contributed by atoms with Gasteiger partial charge in [0.05, 0.1) is 23.5 Å². The highest BCUT2D eigenvalue weighted by atomic mass is 35.5. The van der Waals surface area contributed by atoms with Crippen molar-refractivity contribution in [3.05, 3.63) is 82.6 Å². The van der Waals surface area contributed by atoms with Gasteiger partial charge in [-0.15, -0.1) is 12.4 Å². The molecule has 0 saturated carbocycles. The highest BCUT2D eigenvalue weighted by Crippen LogP contribution is 2.40. The van der Waals surface area contributed by atoms with E-state index in [9.17, 15) is 4.39 Å². The first kappa shape index (κ1) is 21.0. The number of fused-ring (bicyclic) bond motifs is 1. The fourth-order valence-corrected chi connectivity index (χ4v) is 3.28. The molecule has 29 heavy (non-hydrogen) atoms. The molecule has 0 fully saturated rings. The van der Waals surface area contributed by atoms with Crippen LogP contribution in [0, 0.1) is 5.82 Å². The number of halogens is 3. The van der Waals surface area contributed by atoms with E-state index >= 15 is 0 Å². The first-order valence-electron chi connectivity index (χ1n) is 8.77. The Morgan fingerprint density at radius 3 is 2.59 bits per heavy atom. The number of ether oxygens (including phenoxy) is 2. The van der Waals surface area contributed by atoms with E-state index in [0.29, 0.717) is 23.8 Å². The molecule has 4 rings (SSSR count). The highest BCUT2D eigenvalue weighted by molar-refractivity contribution is 6.31. The van der Waals surface area contributed by atoms with Crippen molar-refractivity contribution in [1.82, 2.24) is 0 Å². The van der Waals surface area contributed by atoms with Crippen molar-refractivity contribution in [1.29, 1.82) is 0 Å². The summed E-state index contributed by atoms with van der Waals surface area (Å²) in [7, 11) is 1.59. The summed E-state index contributed by atoms with van der Waals surface area (Å²) >= 11 is 5.97. The zero-order valence-electron chi connectivity index (χ0n) is 15.6. The Morgan fingerprint density at radius 2 is 1.83 bits per heavy atom. The molecular weight excluding hydrogens is 414 g/mol. The van der Waals surface area contributed by atoms with Crippen molar-refractivity contribution in [2.75, 3.05) is 18.7 Å². The standard InChI is InChI=1S/C22H18ClFN2O2.ClH/c1-27-20-10-16-12-25-14-26(18-9-5-8-17(23)22(18)24)19(16)11-21(20)28-13-15-6-3-2-4-7-15;/h2-12H,13-14H2,1H3;1H. The second-order valence-electron chi connectivity index (χ2n) is 6.29. The van der Waals surface area contributed by atoms with Crippen molar-refractivity contribution < 1.29 is 13.9 Å². The molecule has 0 saturated heterocycles. The Balaban J connectivity index is 0.00000240. The molecule has 0 aliphatic carbocycles. The smallest absolute Gasteiger partial charge is 0.165 e. The van der Waals surface area contributed by atoms with E-state index in [-0.39, 0.29) is 24.1 Å². The summed E-state index contributed by atoms with van der Waals surface area (Å²) in [5, 5.41) is 0.0719. The number of rotatable bonds is 5. The number of benzene rings is 3. The van der Waals surface area contributed by atoms with Crippen molar-refractivity contribution in [3.8, 4) is 11.5 Å². The zero-order valence-corrected chi connectivity index (χ0v) is 17.2. The molecule has 150 valence electrons. The van der Waals surface area contributed by atoms with Gasteiger partial charge in [-0.1, -0.05) is 48.0 Å². The van der Waals surface area contributed by atoms with Gasteiger partial charge in [0.25, 0.3) is 0 Å². The number of methoxy groups -OCH3 is 1. The van der Waals surface area contributed by atoms with Gasteiger partial charge in [-0.2, -0.15) is 0 Å². The molecule has 3 aromatic carbocycles. The Bertz CT molecular complexity index is 1030. The van der Waals surface area contributed by atoms with Crippen molar-refractivity contribution >= 4 is 41.6 Å². The minimum atomic E-state index is -0.477. The van der Waals surface area contributed by atoms with Gasteiger partial charge in [0.15, 0.2) is 17.3 Å². The SMILES string of the molecule is COc1cc2c(cc1OCc1ccccc1)N(c1cccc(Cl)c1F)CN=C2.Cl. The van der Waals surface area contributed by atoms with Crippen molar-refractivity contribution in [2.24, 2.45) is 4.99 Å². The summed E-state index contributed by atoms with van der Waals surface area (Å²) in [6.07, 6.45) is 1.75. The van der Waals surface area contributed by atoms with Crippen LogP contribution in [0.2, 0.25) is 5.02 Å². The fourth-order valence-electron chi connectivity index (χ4n) is 3.11. The first-order chi connectivity index (χ1) is 13.7. The lowest BCUT2D eigenvalue weighted by Crippen LogP contribution is -2.23. The number of hydrogen-bond acceptors (Lipinski definition) is 4. The third-order valence-electron chi connectivity index (χ3n) is 4.52. The van der Waals surface area contributed by atoms with Crippen molar-refractivity contribution in [3.63, 3.8) is 0 Å². The average Bonchev–Trinajstić information content (AvgIpc) is 2.74. The molecular formula is C22H19Cl2FN2O2. The molecule has 0 N–H and O–H groups in total. The van der Waals surface area contributed by atoms with Gasteiger partial charge in [0, 0.05) is 17.8 Å². The van der Waals surface area contributed by atoms with Gasteiger partial charge in [-0.05, 0) is 23.8 Å². The van der Waals surface area contributed by atoms with E-state index in [2.05, 4.69) is 4.99 Å². The summed E-state index contributed by atoms with van der Waals surface area (Å²) in [6.45, 7) is 0.685. The van der Waals surface area contributed by atoms with E-state index in [4.69, 9.17) is 21.1 Å². The topological polar surface area (TPSA) is 34.1 Å². The van der Waals surface area contributed by atoms with Gasteiger partial charge in [0.1, 0.15) is 13.3 Å². The predicted octanol–water partition coefficient (Wildman–Crippen LogP) is 6.02. The molecule has 0 bridgehead atoms. The molecule has 0 radical (unpaired) electrons. The average molecular weight is 433 g/mol. The van der Waals surface area contributed by atoms with Crippen LogP contribution in [0.25, 0.3) is 0 Å². The molecule has 4 nitrogen and oxygen atoms in total. The summed E-state index contributed by atoms with van der Waals surface area (Å²) in [5.41, 5.74) is 3.00. The quantitative estimate of drug-likeness (QED) is 0.494. The highest BCUT2D eigenvalue weighted by Gasteiger charge is 2.22. The lowest BCUT2D eigenvalue weighted by molar-refractivity contribution is 0.284. The molecule has 3 aromatic rings. The Morgan fingerprint density at radius 1 is 1.03 bits per heavy atom. The number of aliphatic imine (C=N–C) groups is 1. The molecule has 1 aliphatic rings. The zero-order chi connectivity index (χ0) is 19.5. The van der Waals surface area contributed by atoms with Crippen LogP contribution in [0.5, 0.6) is 11.5 Å². The van der Waals surface area contributed by atoms with E-state index in [1.54, 1.807) is 30.4 Å². The summed E-state index contributed by atoms with van der Waals surface area (Å²) in [5.74, 6) is 0.692. The van der Waals surface area contributed by atoms with E-state index in [0.717, 1.165) is 16.8 Å². The minimum absolute atomic E-state index is 0. The van der Waals surface area contributed by atoms with Crippen LogP contribution in [-0.4, -0.2) is 20.0 Å². The second-order valence-corrected chi connectivity index (χ2v) is 6.70. The molecule has 7 heteroatoms. The number of nitrogens with zero attached hydrogens (tertiary/aromatic N) is 2. The maximum Gasteiger partial charge on any atom is 0.165 e. The van der Waals surface area contributed by atoms with Crippen LogP contribution in [0.3, 0.4) is 0 Å². The Kier molecular flexibility index (Phi) is 6.62. The largest absolute Gasteiger partial charge is 0.493 e. The number of hydrogen-bond donors (Lipinski definition) is 0. The van der Waals surface area contributed by atoms with Crippen LogP contribution in [0.4, 0.5) is 15.8 Å². The lowest BCUT2D eigenvalue weighted by Gasteiger charge is -2.29. The molecule has 0 amide bonds. The second kappa shape index (κ2) is 9.16. The van der Waals surface area contributed by atoms with Gasteiger partial charge < -0.3 is 14.4 Å². The molecule has 0 aromatic heterocycles. The van der Waals surface area contributed by atoms with E-state index in [1.807, 2.05) is 42.5 Å². The first-order valence-corrected chi connectivity index (χ1v) is 9.15. The van der Waals surface area contributed by atoms with Crippen LogP contribution in [-0.2, 0) is 6.61 Å². The summed E-state index contributed by atoms with van der Waals surface area (Å²) in [6, 6.07) is 18.5. The number of anilines is 2. The van der Waals surface area contributed by atoms with Crippen LogP contribution >= 0.6 is 24.0 Å². The van der Waals surface area contributed by atoms with Crippen LogP contribution in [0.15, 0.2) is 65.7 Å². The van der Waals surface area contributed by atoms with Gasteiger partial charge in [-0.25, -0.2) is 4.39 Å². The maximum absolute atomic E-state index is 14.6. The van der Waals surface area contributed by atoms with E-state index < -0.39 is 5.82 Å². The predicted molar refractivity (Wildman–Crippen MR) is 117 cm³/mol. The molecule has 1 aliphatic heterocycles.